The van der Waals surface area contributed by atoms with Gasteiger partial charge in [0, 0.05) is 12.8 Å². The summed E-state index contributed by atoms with van der Waals surface area (Å²) < 4.78 is 34.1. The first-order chi connectivity index (χ1) is 10.5. The standard InChI is InChI=1S/C15H15F2NO3S/c1-9(20-2)10-4-3-5-11(8-10)18-14(19)13-12(6-7-22-13)21-15(16)17/h3-9,15H,1-2H3,(H,18,19). The number of carbonyl (C=O) groups is 1. The van der Waals surface area contributed by atoms with Gasteiger partial charge < -0.3 is 14.8 Å². The van der Waals surface area contributed by atoms with Gasteiger partial charge in [-0.15, -0.1) is 11.3 Å². The zero-order chi connectivity index (χ0) is 16.1. The Morgan fingerprint density at radius 2 is 2.09 bits per heavy atom. The van der Waals surface area contributed by atoms with Crippen LogP contribution < -0.4 is 10.1 Å². The molecule has 118 valence electrons. The number of ether oxygens (including phenoxy) is 2. The lowest BCUT2D eigenvalue weighted by Gasteiger charge is -2.12. The number of amides is 1. The summed E-state index contributed by atoms with van der Waals surface area (Å²) in [4.78, 5) is 12.3. The second kappa shape index (κ2) is 7.33. The van der Waals surface area contributed by atoms with Crippen molar-refractivity contribution in [3.8, 4) is 5.75 Å². The zero-order valence-corrected chi connectivity index (χ0v) is 12.8. The van der Waals surface area contributed by atoms with Crippen molar-refractivity contribution < 1.29 is 23.0 Å². The summed E-state index contributed by atoms with van der Waals surface area (Å²) >= 11 is 1.04. The first-order valence-electron chi connectivity index (χ1n) is 6.47. The third kappa shape index (κ3) is 4.02. The minimum atomic E-state index is -2.97. The Kier molecular flexibility index (Phi) is 5.46. The molecule has 0 aliphatic rings. The van der Waals surface area contributed by atoms with E-state index in [9.17, 15) is 13.6 Å². The monoisotopic (exact) mass is 327 g/mol. The quantitative estimate of drug-likeness (QED) is 0.860. The van der Waals surface area contributed by atoms with Crippen LogP contribution in [0.25, 0.3) is 0 Å². The lowest BCUT2D eigenvalue weighted by molar-refractivity contribution is -0.0498. The van der Waals surface area contributed by atoms with Gasteiger partial charge in [-0.2, -0.15) is 8.78 Å². The molecular weight excluding hydrogens is 312 g/mol. The number of hydrogen-bond acceptors (Lipinski definition) is 4. The summed E-state index contributed by atoms with van der Waals surface area (Å²) in [6.45, 7) is -1.08. The van der Waals surface area contributed by atoms with Crippen molar-refractivity contribution in [3.05, 3.63) is 46.2 Å². The fraction of sp³-hybridized carbons (Fsp3) is 0.267. The van der Waals surface area contributed by atoms with Crippen molar-refractivity contribution in [3.63, 3.8) is 0 Å². The van der Waals surface area contributed by atoms with Crippen LogP contribution in [0.4, 0.5) is 14.5 Å². The molecule has 0 spiro atoms. The van der Waals surface area contributed by atoms with E-state index in [0.717, 1.165) is 16.9 Å². The molecular formula is C15H15F2NO3S. The molecule has 0 radical (unpaired) electrons. The molecule has 0 aliphatic carbocycles. The highest BCUT2D eigenvalue weighted by atomic mass is 32.1. The third-order valence-corrected chi connectivity index (χ3v) is 3.91. The van der Waals surface area contributed by atoms with Gasteiger partial charge in [0.1, 0.15) is 10.6 Å². The molecule has 0 aliphatic heterocycles. The molecule has 1 aromatic heterocycles. The number of rotatable bonds is 6. The van der Waals surface area contributed by atoms with Crippen LogP contribution in [-0.4, -0.2) is 19.6 Å². The number of methoxy groups -OCH3 is 1. The molecule has 2 aromatic rings. The van der Waals surface area contributed by atoms with Crippen LogP contribution in [0.5, 0.6) is 5.75 Å². The molecule has 7 heteroatoms. The maximum absolute atomic E-state index is 12.3. The highest BCUT2D eigenvalue weighted by Crippen LogP contribution is 2.28. The molecule has 1 heterocycles. The number of benzene rings is 1. The maximum Gasteiger partial charge on any atom is 0.387 e. The Hall–Kier alpha value is -1.99. The van der Waals surface area contributed by atoms with Crippen LogP contribution >= 0.6 is 11.3 Å². The normalized spacial score (nSPS) is 12.2. The van der Waals surface area contributed by atoms with E-state index in [1.807, 2.05) is 13.0 Å². The van der Waals surface area contributed by atoms with Crippen LogP contribution in [-0.2, 0) is 4.74 Å². The Balaban J connectivity index is 2.14. The van der Waals surface area contributed by atoms with Crippen LogP contribution in [0, 0.1) is 0 Å². The number of nitrogens with one attached hydrogen (secondary N) is 1. The predicted octanol–water partition coefficient (Wildman–Crippen LogP) is 4.31. The first kappa shape index (κ1) is 16.4. The highest BCUT2D eigenvalue weighted by molar-refractivity contribution is 7.12. The van der Waals surface area contributed by atoms with Crippen LogP contribution in [0.2, 0.25) is 0 Å². The Labute approximate surface area is 130 Å². The number of thiophene rings is 1. The Morgan fingerprint density at radius 1 is 1.32 bits per heavy atom. The summed E-state index contributed by atoms with van der Waals surface area (Å²) in [6.07, 6.45) is -0.115. The van der Waals surface area contributed by atoms with Gasteiger partial charge in [-0.25, -0.2) is 0 Å². The van der Waals surface area contributed by atoms with Crippen LogP contribution in [0.3, 0.4) is 0 Å². The minimum Gasteiger partial charge on any atom is -0.433 e. The summed E-state index contributed by atoms with van der Waals surface area (Å²) in [5, 5.41) is 4.19. The van der Waals surface area contributed by atoms with Crippen LogP contribution in [0.15, 0.2) is 35.7 Å². The van der Waals surface area contributed by atoms with E-state index in [2.05, 4.69) is 10.1 Å². The third-order valence-electron chi connectivity index (χ3n) is 3.02. The summed E-state index contributed by atoms with van der Waals surface area (Å²) in [7, 11) is 1.59. The van der Waals surface area contributed by atoms with Gasteiger partial charge in [0.2, 0.25) is 0 Å². The highest BCUT2D eigenvalue weighted by Gasteiger charge is 2.18. The largest absolute Gasteiger partial charge is 0.433 e. The predicted molar refractivity (Wildman–Crippen MR) is 80.8 cm³/mol. The molecule has 2 rings (SSSR count). The minimum absolute atomic E-state index is 0.102. The van der Waals surface area contributed by atoms with Crippen LogP contribution in [0.1, 0.15) is 28.3 Å². The van der Waals surface area contributed by atoms with Crippen molar-refractivity contribution in [1.82, 2.24) is 0 Å². The number of carbonyl (C=O) groups excluding carboxylic acids is 1. The number of anilines is 1. The van der Waals surface area contributed by atoms with Crippen molar-refractivity contribution in [2.45, 2.75) is 19.6 Å². The molecule has 0 fully saturated rings. The molecule has 0 saturated carbocycles. The maximum atomic E-state index is 12.3. The van der Waals surface area contributed by atoms with Crippen molar-refractivity contribution in [2.75, 3.05) is 12.4 Å². The van der Waals surface area contributed by atoms with E-state index in [0.29, 0.717) is 5.69 Å². The molecule has 4 nitrogen and oxygen atoms in total. The molecule has 0 bridgehead atoms. The average Bonchev–Trinajstić information content (AvgIpc) is 2.94. The van der Waals surface area contributed by atoms with Gasteiger partial charge in [0.15, 0.2) is 0 Å². The van der Waals surface area contributed by atoms with E-state index in [-0.39, 0.29) is 16.7 Å². The number of halogens is 2. The molecule has 1 N–H and O–H groups in total. The summed E-state index contributed by atoms with van der Waals surface area (Å²) in [5.74, 6) is -0.619. The molecule has 1 atom stereocenters. The van der Waals surface area contributed by atoms with Crippen molar-refractivity contribution in [2.24, 2.45) is 0 Å². The fourth-order valence-electron chi connectivity index (χ4n) is 1.85. The van der Waals surface area contributed by atoms with Crippen molar-refractivity contribution in [1.29, 1.82) is 0 Å². The van der Waals surface area contributed by atoms with E-state index < -0.39 is 12.5 Å². The van der Waals surface area contributed by atoms with E-state index in [1.54, 1.807) is 25.3 Å². The fourth-order valence-corrected chi connectivity index (χ4v) is 2.56. The second-order valence-corrected chi connectivity index (χ2v) is 5.37. The topological polar surface area (TPSA) is 47.6 Å². The van der Waals surface area contributed by atoms with Gasteiger partial charge >= 0.3 is 6.61 Å². The van der Waals surface area contributed by atoms with Gasteiger partial charge in [0.25, 0.3) is 5.91 Å². The average molecular weight is 327 g/mol. The van der Waals surface area contributed by atoms with Gasteiger partial charge in [-0.3, -0.25) is 4.79 Å². The Bertz CT molecular complexity index is 645. The lowest BCUT2D eigenvalue weighted by atomic mass is 10.1. The van der Waals surface area contributed by atoms with Gasteiger partial charge in [0.05, 0.1) is 6.10 Å². The summed E-state index contributed by atoms with van der Waals surface area (Å²) in [6, 6.07) is 8.49. The van der Waals surface area contributed by atoms with E-state index >= 15 is 0 Å². The number of hydrogen-bond donors (Lipinski definition) is 1. The summed E-state index contributed by atoms with van der Waals surface area (Å²) in [5.41, 5.74) is 1.46. The van der Waals surface area contributed by atoms with E-state index in [4.69, 9.17) is 4.74 Å². The van der Waals surface area contributed by atoms with E-state index in [1.165, 1.54) is 11.4 Å². The second-order valence-electron chi connectivity index (χ2n) is 4.45. The molecule has 0 saturated heterocycles. The zero-order valence-electron chi connectivity index (χ0n) is 12.0. The molecule has 1 amide bonds. The molecule has 1 aromatic carbocycles. The van der Waals surface area contributed by atoms with Gasteiger partial charge in [-0.05, 0) is 36.1 Å². The van der Waals surface area contributed by atoms with Crippen molar-refractivity contribution >= 4 is 22.9 Å². The molecule has 22 heavy (non-hydrogen) atoms. The SMILES string of the molecule is COC(C)c1cccc(NC(=O)c2sccc2OC(F)F)c1. The smallest absolute Gasteiger partial charge is 0.387 e. The first-order valence-corrected chi connectivity index (χ1v) is 7.35. The van der Waals surface area contributed by atoms with Gasteiger partial charge in [-0.1, -0.05) is 12.1 Å². The number of alkyl halides is 2. The Morgan fingerprint density at radius 3 is 2.77 bits per heavy atom. The lowest BCUT2D eigenvalue weighted by Crippen LogP contribution is -2.13. The molecule has 1 unspecified atom stereocenters.